The van der Waals surface area contributed by atoms with Gasteiger partial charge in [0.2, 0.25) is 17.8 Å². The Labute approximate surface area is 248 Å². The molecular formula is C29H36N8O6. The number of imide groups is 1. The zero-order valence-corrected chi connectivity index (χ0v) is 24.5. The fourth-order valence-corrected chi connectivity index (χ4v) is 4.71. The van der Waals surface area contributed by atoms with Crippen molar-refractivity contribution < 1.29 is 28.7 Å². The highest BCUT2D eigenvalue weighted by molar-refractivity contribution is 6.12. The van der Waals surface area contributed by atoms with Crippen LogP contribution in [0.25, 0.3) is 11.0 Å². The Morgan fingerprint density at radius 2 is 1.81 bits per heavy atom. The third-order valence-electron chi connectivity index (χ3n) is 7.00. The van der Waals surface area contributed by atoms with E-state index in [4.69, 9.17) is 10.5 Å². The number of aromatic amines is 1. The first-order valence-corrected chi connectivity index (χ1v) is 14.2. The van der Waals surface area contributed by atoms with E-state index in [2.05, 4.69) is 20.4 Å². The van der Waals surface area contributed by atoms with Crippen molar-refractivity contribution in [2.75, 3.05) is 32.1 Å². The number of anilines is 1. The molecule has 1 aliphatic rings. The van der Waals surface area contributed by atoms with E-state index in [-0.39, 0.29) is 41.7 Å². The van der Waals surface area contributed by atoms with E-state index in [9.17, 15) is 24.0 Å². The highest BCUT2D eigenvalue weighted by Crippen LogP contribution is 2.28. The van der Waals surface area contributed by atoms with Crippen LogP contribution in [0.15, 0.2) is 30.4 Å². The third kappa shape index (κ3) is 7.64. The van der Waals surface area contributed by atoms with Gasteiger partial charge in [0, 0.05) is 50.8 Å². The number of unbranched alkanes of at least 4 members (excludes halogenated alkanes) is 2. The lowest BCUT2D eigenvalue weighted by atomic mass is 10.1. The fraction of sp³-hybridized carbons (Fsp3) is 0.414. The molecule has 1 aromatic carbocycles. The van der Waals surface area contributed by atoms with E-state index in [1.807, 2.05) is 6.92 Å². The molecule has 3 aromatic rings. The van der Waals surface area contributed by atoms with Crippen LogP contribution in [0.1, 0.15) is 65.6 Å². The van der Waals surface area contributed by atoms with Crippen LogP contribution < -0.4 is 15.8 Å². The second-order valence-corrected chi connectivity index (χ2v) is 10.3. The second kappa shape index (κ2) is 13.8. The van der Waals surface area contributed by atoms with Gasteiger partial charge in [0.25, 0.3) is 17.7 Å². The molecular weight excluding hydrogens is 556 g/mol. The molecule has 4 rings (SSSR count). The van der Waals surface area contributed by atoms with Crippen LogP contribution in [0.5, 0.6) is 5.75 Å². The lowest BCUT2D eigenvalue weighted by Gasteiger charge is -2.18. The minimum absolute atomic E-state index is 0.0135. The Kier molecular flexibility index (Phi) is 9.91. The highest BCUT2D eigenvalue weighted by atomic mass is 16.5. The first-order valence-electron chi connectivity index (χ1n) is 14.2. The van der Waals surface area contributed by atoms with Crippen molar-refractivity contribution in [3.05, 3.63) is 47.3 Å². The van der Waals surface area contributed by atoms with E-state index >= 15 is 0 Å². The number of aryl methyl sites for hydroxylation is 2. The number of benzene rings is 1. The molecule has 0 bridgehead atoms. The van der Waals surface area contributed by atoms with Crippen molar-refractivity contribution in [2.45, 2.75) is 52.5 Å². The Morgan fingerprint density at radius 3 is 2.51 bits per heavy atom. The Balaban J connectivity index is 1.27. The Morgan fingerprint density at radius 1 is 1.07 bits per heavy atom. The molecule has 0 spiro atoms. The van der Waals surface area contributed by atoms with Crippen molar-refractivity contribution in [1.29, 1.82) is 0 Å². The van der Waals surface area contributed by atoms with Gasteiger partial charge in [-0.3, -0.25) is 38.9 Å². The van der Waals surface area contributed by atoms with E-state index in [0.29, 0.717) is 73.5 Å². The van der Waals surface area contributed by atoms with E-state index in [1.165, 1.54) is 29.2 Å². The zero-order chi connectivity index (χ0) is 31.1. The van der Waals surface area contributed by atoms with Crippen molar-refractivity contribution in [1.82, 2.24) is 29.5 Å². The third-order valence-corrected chi connectivity index (χ3v) is 7.00. The van der Waals surface area contributed by atoms with Gasteiger partial charge in [-0.15, -0.1) is 0 Å². The van der Waals surface area contributed by atoms with Gasteiger partial charge < -0.3 is 20.4 Å². The first-order chi connectivity index (χ1) is 20.6. The number of fused-ring (bicyclic) bond motifs is 1. The number of nitrogens with zero attached hydrogens (tertiary/aromatic N) is 5. The maximum atomic E-state index is 12.9. The number of carbonyl (C=O) groups is 5. The number of imidazole rings is 1. The monoisotopic (exact) mass is 592 g/mol. The Hall–Kier alpha value is -5.01. The summed E-state index contributed by atoms with van der Waals surface area (Å²) in [5.74, 6) is -1.15. The number of aromatic nitrogens is 4. The second-order valence-electron chi connectivity index (χ2n) is 10.3. The molecule has 14 heteroatoms. The topological polar surface area (TPSA) is 186 Å². The summed E-state index contributed by atoms with van der Waals surface area (Å²) in [7, 11) is 1.72. The number of rotatable bonds is 15. The average molecular weight is 593 g/mol. The molecule has 0 radical (unpaired) electrons. The van der Waals surface area contributed by atoms with Gasteiger partial charge in [0.1, 0.15) is 17.0 Å². The molecule has 0 atom stereocenters. The van der Waals surface area contributed by atoms with E-state index < -0.39 is 5.91 Å². The molecule has 3 heterocycles. The van der Waals surface area contributed by atoms with Crippen molar-refractivity contribution in [2.24, 2.45) is 5.73 Å². The number of amides is 5. The molecule has 0 saturated heterocycles. The number of primary amides is 1. The SMILES string of the molecule is CCn1nc(C)cc1C(=O)Nc1nc2c(OCCCN(C)C(=O)CCCCCN3C(=O)C=CC3=O)cc(C(N)=O)cc2[nH]1. The maximum Gasteiger partial charge on any atom is 0.276 e. The zero-order valence-electron chi connectivity index (χ0n) is 24.5. The quantitative estimate of drug-likeness (QED) is 0.177. The van der Waals surface area contributed by atoms with Crippen molar-refractivity contribution >= 4 is 46.5 Å². The van der Waals surface area contributed by atoms with Gasteiger partial charge >= 0.3 is 0 Å². The van der Waals surface area contributed by atoms with Crippen LogP contribution in [0.3, 0.4) is 0 Å². The van der Waals surface area contributed by atoms with Gasteiger partial charge in [-0.25, -0.2) is 4.98 Å². The maximum absolute atomic E-state index is 12.9. The fourth-order valence-electron chi connectivity index (χ4n) is 4.71. The molecule has 4 N–H and O–H groups in total. The van der Waals surface area contributed by atoms with Gasteiger partial charge in [0.15, 0.2) is 0 Å². The predicted octanol–water partition coefficient (Wildman–Crippen LogP) is 2.15. The number of carbonyl (C=O) groups excluding carboxylic acids is 5. The molecule has 228 valence electrons. The highest BCUT2D eigenvalue weighted by Gasteiger charge is 2.22. The van der Waals surface area contributed by atoms with Crippen molar-refractivity contribution in [3.63, 3.8) is 0 Å². The first kappa shape index (κ1) is 30.9. The summed E-state index contributed by atoms with van der Waals surface area (Å²) >= 11 is 0. The molecule has 0 saturated carbocycles. The minimum atomic E-state index is -0.644. The molecule has 0 unspecified atom stereocenters. The normalized spacial score (nSPS) is 12.8. The van der Waals surface area contributed by atoms with Gasteiger partial charge in [-0.1, -0.05) is 6.42 Å². The molecule has 1 aliphatic heterocycles. The summed E-state index contributed by atoms with van der Waals surface area (Å²) < 4.78 is 7.53. The summed E-state index contributed by atoms with van der Waals surface area (Å²) in [4.78, 5) is 70.7. The molecule has 14 nitrogen and oxygen atoms in total. The largest absolute Gasteiger partial charge is 0.491 e. The smallest absolute Gasteiger partial charge is 0.276 e. The molecule has 2 aromatic heterocycles. The summed E-state index contributed by atoms with van der Waals surface area (Å²) in [6.45, 7) is 5.26. The van der Waals surface area contributed by atoms with Gasteiger partial charge in [-0.2, -0.15) is 5.10 Å². The van der Waals surface area contributed by atoms with E-state index in [1.54, 1.807) is 29.6 Å². The van der Waals surface area contributed by atoms with Crippen LogP contribution in [0, 0.1) is 6.92 Å². The number of nitrogens with one attached hydrogen (secondary N) is 2. The predicted molar refractivity (Wildman–Crippen MR) is 157 cm³/mol. The standard InChI is InChI=1S/C29H36N8O6/c1-4-37-21(15-18(2)34-37)28(42)33-29-31-20-16-19(27(30)41)17-22(26(20)32-29)43-14-8-12-35(3)23(38)9-6-5-7-13-36-24(39)10-11-25(36)40/h10-11,15-17H,4-9,12-14H2,1-3H3,(H2,30,41)(H2,31,32,33,42). The number of hydrogen-bond acceptors (Lipinski definition) is 8. The van der Waals surface area contributed by atoms with Crippen LogP contribution in [-0.2, 0) is 20.9 Å². The van der Waals surface area contributed by atoms with Crippen LogP contribution in [-0.4, -0.2) is 85.8 Å². The van der Waals surface area contributed by atoms with Gasteiger partial charge in [-0.05, 0) is 51.3 Å². The van der Waals surface area contributed by atoms with Crippen LogP contribution >= 0.6 is 0 Å². The number of ether oxygens (including phenoxy) is 1. The number of hydrogen-bond donors (Lipinski definition) is 3. The minimum Gasteiger partial charge on any atom is -0.491 e. The average Bonchev–Trinajstić information content (AvgIpc) is 3.66. The summed E-state index contributed by atoms with van der Waals surface area (Å²) in [6.07, 6.45) is 5.42. The lowest BCUT2D eigenvalue weighted by Crippen LogP contribution is -2.31. The Bertz CT molecular complexity index is 1550. The van der Waals surface area contributed by atoms with Crippen LogP contribution in [0.2, 0.25) is 0 Å². The number of H-pyrrole nitrogens is 1. The van der Waals surface area contributed by atoms with Gasteiger partial charge in [0.05, 0.1) is 17.8 Å². The molecule has 0 fully saturated rings. The molecule has 0 aliphatic carbocycles. The molecule has 43 heavy (non-hydrogen) atoms. The van der Waals surface area contributed by atoms with E-state index in [0.717, 1.165) is 6.42 Å². The van der Waals surface area contributed by atoms with Crippen molar-refractivity contribution in [3.8, 4) is 5.75 Å². The number of nitrogens with two attached hydrogens (primary N) is 1. The molecule has 5 amide bonds. The summed E-state index contributed by atoms with van der Waals surface area (Å²) in [5.41, 5.74) is 7.71. The summed E-state index contributed by atoms with van der Waals surface area (Å²) in [6, 6.07) is 4.72. The summed E-state index contributed by atoms with van der Waals surface area (Å²) in [5, 5.41) is 7.02. The lowest BCUT2D eigenvalue weighted by molar-refractivity contribution is -0.137. The van der Waals surface area contributed by atoms with Crippen LogP contribution in [0.4, 0.5) is 5.95 Å².